The van der Waals surface area contributed by atoms with Crippen LogP contribution in [0.25, 0.3) is 0 Å². The molecule has 2 fully saturated rings. The molecule has 0 aliphatic carbocycles. The molecule has 0 bridgehead atoms. The van der Waals surface area contributed by atoms with Crippen LogP contribution in [-0.2, 0) is 0 Å². The van der Waals surface area contributed by atoms with E-state index in [-0.39, 0.29) is 0 Å². The van der Waals surface area contributed by atoms with E-state index in [1.165, 1.54) is 58.3 Å². The van der Waals surface area contributed by atoms with Crippen LogP contribution in [0.4, 0.5) is 0 Å². The molecule has 3 unspecified atom stereocenters. The van der Waals surface area contributed by atoms with Crippen molar-refractivity contribution in [1.82, 2.24) is 15.1 Å². The van der Waals surface area contributed by atoms with Crippen molar-refractivity contribution in [2.45, 2.75) is 71.0 Å². The van der Waals surface area contributed by atoms with Crippen molar-refractivity contribution >= 4 is 0 Å². The number of piperazine rings is 1. The van der Waals surface area contributed by atoms with Gasteiger partial charge in [-0.3, -0.25) is 9.80 Å². The zero-order valence-electron chi connectivity index (χ0n) is 13.2. The molecule has 1 N–H and O–H groups in total. The first-order valence-electron chi connectivity index (χ1n) is 8.42. The van der Waals surface area contributed by atoms with E-state index >= 15 is 0 Å². The van der Waals surface area contributed by atoms with Gasteiger partial charge in [-0.05, 0) is 59.2 Å². The van der Waals surface area contributed by atoms with Gasteiger partial charge in [-0.2, -0.15) is 0 Å². The van der Waals surface area contributed by atoms with Crippen molar-refractivity contribution in [2.24, 2.45) is 0 Å². The molecule has 112 valence electrons. The largest absolute Gasteiger partial charge is 0.315 e. The molecule has 0 amide bonds. The molecule has 0 aromatic heterocycles. The highest BCUT2D eigenvalue weighted by molar-refractivity contribution is 4.90. The Labute approximate surface area is 119 Å². The van der Waals surface area contributed by atoms with Crippen molar-refractivity contribution < 1.29 is 0 Å². The van der Waals surface area contributed by atoms with Crippen molar-refractivity contribution in [3.8, 4) is 0 Å². The standard InChI is InChI=1S/C16H33N3/c1-4-17-14(2)8-5-6-10-18-13-16-9-7-11-19(16)12-15(18)3/h14-17H,4-13H2,1-3H3. The zero-order valence-corrected chi connectivity index (χ0v) is 13.2. The first kappa shape index (κ1) is 15.3. The predicted octanol–water partition coefficient (Wildman–Crippen LogP) is 2.32. The number of nitrogens with one attached hydrogen (secondary N) is 1. The molecule has 3 nitrogen and oxygen atoms in total. The minimum absolute atomic E-state index is 0.689. The third kappa shape index (κ3) is 4.44. The molecule has 0 radical (unpaired) electrons. The monoisotopic (exact) mass is 267 g/mol. The summed E-state index contributed by atoms with van der Waals surface area (Å²) < 4.78 is 0. The summed E-state index contributed by atoms with van der Waals surface area (Å²) in [6.07, 6.45) is 6.91. The molecule has 19 heavy (non-hydrogen) atoms. The molecule has 2 aliphatic rings. The highest BCUT2D eigenvalue weighted by Gasteiger charge is 2.33. The van der Waals surface area contributed by atoms with Gasteiger partial charge < -0.3 is 5.32 Å². The second-order valence-electron chi connectivity index (χ2n) is 6.59. The summed E-state index contributed by atoms with van der Waals surface area (Å²) in [6.45, 7) is 13.3. The average Bonchev–Trinajstić information content (AvgIpc) is 2.82. The van der Waals surface area contributed by atoms with E-state index in [2.05, 4.69) is 35.9 Å². The van der Waals surface area contributed by atoms with Crippen LogP contribution in [0.1, 0.15) is 52.9 Å². The quantitative estimate of drug-likeness (QED) is 0.714. The highest BCUT2D eigenvalue weighted by atomic mass is 15.3. The van der Waals surface area contributed by atoms with E-state index in [0.29, 0.717) is 6.04 Å². The lowest BCUT2D eigenvalue weighted by Crippen LogP contribution is -2.55. The summed E-state index contributed by atoms with van der Waals surface area (Å²) in [5, 5.41) is 3.50. The number of rotatable bonds is 7. The summed E-state index contributed by atoms with van der Waals surface area (Å²) >= 11 is 0. The van der Waals surface area contributed by atoms with Crippen LogP contribution in [0.2, 0.25) is 0 Å². The Morgan fingerprint density at radius 1 is 1.26 bits per heavy atom. The van der Waals surface area contributed by atoms with Crippen molar-refractivity contribution in [2.75, 3.05) is 32.7 Å². The SMILES string of the molecule is CCNC(C)CCCCN1CC2CCCN2CC1C. The molecule has 0 aromatic carbocycles. The van der Waals surface area contributed by atoms with Gasteiger partial charge in [-0.25, -0.2) is 0 Å². The molecule has 0 saturated carbocycles. The first-order valence-corrected chi connectivity index (χ1v) is 8.42. The summed E-state index contributed by atoms with van der Waals surface area (Å²) in [6, 6.07) is 2.33. The lowest BCUT2D eigenvalue weighted by atomic mass is 10.1. The van der Waals surface area contributed by atoms with Gasteiger partial charge in [-0.1, -0.05) is 13.3 Å². The van der Waals surface area contributed by atoms with Gasteiger partial charge in [-0.15, -0.1) is 0 Å². The Morgan fingerprint density at radius 2 is 2.11 bits per heavy atom. The van der Waals surface area contributed by atoms with Crippen LogP contribution in [0.5, 0.6) is 0 Å². The van der Waals surface area contributed by atoms with E-state index in [1.807, 2.05) is 0 Å². The molecule has 3 heteroatoms. The van der Waals surface area contributed by atoms with E-state index in [9.17, 15) is 0 Å². The maximum Gasteiger partial charge on any atom is 0.0224 e. The van der Waals surface area contributed by atoms with Crippen LogP contribution in [-0.4, -0.2) is 60.6 Å². The van der Waals surface area contributed by atoms with E-state index in [0.717, 1.165) is 18.6 Å². The Kier molecular flexibility index (Phi) is 6.11. The molecular weight excluding hydrogens is 234 g/mol. The van der Waals surface area contributed by atoms with Gasteiger partial charge in [0.05, 0.1) is 0 Å². The third-order valence-corrected chi connectivity index (χ3v) is 4.95. The lowest BCUT2D eigenvalue weighted by Gasteiger charge is -2.42. The van der Waals surface area contributed by atoms with Crippen LogP contribution >= 0.6 is 0 Å². The normalized spacial score (nSPS) is 30.5. The maximum absolute atomic E-state index is 3.50. The fraction of sp³-hybridized carbons (Fsp3) is 1.00. The highest BCUT2D eigenvalue weighted by Crippen LogP contribution is 2.24. The number of fused-ring (bicyclic) bond motifs is 1. The topological polar surface area (TPSA) is 18.5 Å². The zero-order chi connectivity index (χ0) is 13.7. The van der Waals surface area contributed by atoms with Crippen LogP contribution in [0, 0.1) is 0 Å². The summed E-state index contributed by atoms with van der Waals surface area (Å²) in [4.78, 5) is 5.46. The van der Waals surface area contributed by atoms with Gasteiger partial charge in [0, 0.05) is 31.2 Å². The predicted molar refractivity (Wildman–Crippen MR) is 82.6 cm³/mol. The molecule has 0 spiro atoms. The Balaban J connectivity index is 1.62. The second-order valence-corrected chi connectivity index (χ2v) is 6.59. The van der Waals surface area contributed by atoms with Crippen molar-refractivity contribution in [1.29, 1.82) is 0 Å². The minimum atomic E-state index is 0.689. The third-order valence-electron chi connectivity index (χ3n) is 4.95. The van der Waals surface area contributed by atoms with E-state index in [4.69, 9.17) is 0 Å². The maximum atomic E-state index is 3.50. The van der Waals surface area contributed by atoms with Crippen molar-refractivity contribution in [3.63, 3.8) is 0 Å². The molecule has 0 aromatic rings. The van der Waals surface area contributed by atoms with E-state index in [1.54, 1.807) is 0 Å². The number of nitrogens with zero attached hydrogens (tertiary/aromatic N) is 2. The van der Waals surface area contributed by atoms with Gasteiger partial charge >= 0.3 is 0 Å². The molecule has 2 heterocycles. The minimum Gasteiger partial charge on any atom is -0.315 e. The fourth-order valence-corrected chi connectivity index (χ4v) is 3.78. The first-order chi connectivity index (χ1) is 9.20. The van der Waals surface area contributed by atoms with Crippen LogP contribution < -0.4 is 5.32 Å². The Morgan fingerprint density at radius 3 is 2.89 bits per heavy atom. The Bertz CT molecular complexity index is 256. The summed E-state index contributed by atoms with van der Waals surface area (Å²) in [5.74, 6) is 0. The van der Waals surface area contributed by atoms with Crippen LogP contribution in [0.3, 0.4) is 0 Å². The van der Waals surface area contributed by atoms with Gasteiger partial charge in [0.1, 0.15) is 0 Å². The molecule has 2 saturated heterocycles. The van der Waals surface area contributed by atoms with Gasteiger partial charge in [0.25, 0.3) is 0 Å². The van der Waals surface area contributed by atoms with Crippen LogP contribution in [0.15, 0.2) is 0 Å². The Hall–Kier alpha value is -0.120. The molecule has 2 aliphatic heterocycles. The number of hydrogen-bond donors (Lipinski definition) is 1. The van der Waals surface area contributed by atoms with Gasteiger partial charge in [0.2, 0.25) is 0 Å². The van der Waals surface area contributed by atoms with Crippen molar-refractivity contribution in [3.05, 3.63) is 0 Å². The lowest BCUT2D eigenvalue weighted by molar-refractivity contribution is 0.0582. The number of hydrogen-bond acceptors (Lipinski definition) is 3. The average molecular weight is 267 g/mol. The fourth-order valence-electron chi connectivity index (χ4n) is 3.78. The molecule has 3 atom stereocenters. The second kappa shape index (κ2) is 7.61. The van der Waals surface area contributed by atoms with E-state index < -0.39 is 0 Å². The summed E-state index contributed by atoms with van der Waals surface area (Å²) in [5.41, 5.74) is 0. The molecular formula is C16H33N3. The smallest absolute Gasteiger partial charge is 0.0224 e. The summed E-state index contributed by atoms with van der Waals surface area (Å²) in [7, 11) is 0. The van der Waals surface area contributed by atoms with Gasteiger partial charge in [0.15, 0.2) is 0 Å². The molecule has 2 rings (SSSR count). The number of unbranched alkanes of at least 4 members (excludes halogenated alkanes) is 1.